The van der Waals surface area contributed by atoms with Gasteiger partial charge in [-0.25, -0.2) is 14.7 Å². The van der Waals surface area contributed by atoms with Crippen LogP contribution >= 0.6 is 0 Å². The third kappa shape index (κ3) is 2.32. The van der Waals surface area contributed by atoms with E-state index in [1.165, 1.54) is 18.6 Å². The van der Waals surface area contributed by atoms with Gasteiger partial charge < -0.3 is 5.73 Å². The van der Waals surface area contributed by atoms with Gasteiger partial charge in [0.25, 0.3) is 5.91 Å². The fourth-order valence-electron chi connectivity index (χ4n) is 1.45. The summed E-state index contributed by atoms with van der Waals surface area (Å²) in [6.07, 6.45) is 4.09. The van der Waals surface area contributed by atoms with Crippen molar-refractivity contribution >= 4 is 17.6 Å². The fraction of sp³-hybridized carbons (Fsp3) is 0. The number of hydrogen-bond acceptors (Lipinski definition) is 4. The van der Waals surface area contributed by atoms with Gasteiger partial charge in [-0.15, -0.1) is 0 Å². The summed E-state index contributed by atoms with van der Waals surface area (Å²) in [5.41, 5.74) is 5.67. The Morgan fingerprint density at radius 3 is 2.39 bits per heavy atom. The SMILES string of the molecule is NC(=O)N(C(=O)c1cnccn1)c1ccccc1. The number of rotatable bonds is 2. The zero-order chi connectivity index (χ0) is 13.0. The van der Waals surface area contributed by atoms with Crippen molar-refractivity contribution in [1.82, 2.24) is 9.97 Å². The van der Waals surface area contributed by atoms with E-state index >= 15 is 0 Å². The minimum Gasteiger partial charge on any atom is -0.351 e. The lowest BCUT2D eigenvalue weighted by molar-refractivity contribution is 0.0990. The summed E-state index contributed by atoms with van der Waals surface area (Å²) in [7, 11) is 0. The number of benzene rings is 1. The second-order valence-electron chi connectivity index (χ2n) is 3.41. The average Bonchev–Trinajstić information content (AvgIpc) is 2.40. The molecule has 0 saturated carbocycles. The van der Waals surface area contributed by atoms with Crippen LogP contribution in [0, 0.1) is 0 Å². The van der Waals surface area contributed by atoms with Crippen LogP contribution in [-0.2, 0) is 0 Å². The first-order chi connectivity index (χ1) is 8.70. The number of nitrogens with zero attached hydrogens (tertiary/aromatic N) is 3. The van der Waals surface area contributed by atoms with E-state index in [1.807, 2.05) is 0 Å². The lowest BCUT2D eigenvalue weighted by Gasteiger charge is -2.17. The number of imide groups is 1. The molecule has 0 spiro atoms. The predicted molar refractivity (Wildman–Crippen MR) is 64.9 cm³/mol. The number of para-hydroxylation sites is 1. The van der Waals surface area contributed by atoms with E-state index < -0.39 is 11.9 Å². The molecule has 0 saturated heterocycles. The number of urea groups is 1. The Bertz CT molecular complexity index is 557. The molecule has 0 aliphatic rings. The third-order valence-corrected chi connectivity index (χ3v) is 2.22. The van der Waals surface area contributed by atoms with Gasteiger partial charge in [-0.05, 0) is 12.1 Å². The van der Waals surface area contributed by atoms with Crippen molar-refractivity contribution in [1.29, 1.82) is 0 Å². The maximum atomic E-state index is 12.1. The van der Waals surface area contributed by atoms with Gasteiger partial charge in [-0.2, -0.15) is 0 Å². The Morgan fingerprint density at radius 2 is 1.83 bits per heavy atom. The Hall–Kier alpha value is -2.76. The average molecular weight is 242 g/mol. The first kappa shape index (κ1) is 11.7. The standard InChI is InChI=1S/C12H10N4O2/c13-12(18)16(9-4-2-1-3-5-9)11(17)10-8-14-6-7-15-10/h1-8H,(H2,13,18). The molecular weight excluding hydrogens is 232 g/mol. The summed E-state index contributed by atoms with van der Waals surface area (Å²) in [6.45, 7) is 0. The molecule has 0 aliphatic heterocycles. The van der Waals surface area contributed by atoms with Gasteiger partial charge in [-0.3, -0.25) is 9.78 Å². The normalized spacial score (nSPS) is 9.78. The number of anilines is 1. The monoisotopic (exact) mass is 242 g/mol. The van der Waals surface area contributed by atoms with Crippen LogP contribution < -0.4 is 10.6 Å². The van der Waals surface area contributed by atoms with Crippen LogP contribution in [0.15, 0.2) is 48.9 Å². The molecule has 6 heteroatoms. The van der Waals surface area contributed by atoms with E-state index in [9.17, 15) is 9.59 Å². The third-order valence-electron chi connectivity index (χ3n) is 2.22. The molecular formula is C12H10N4O2. The second kappa shape index (κ2) is 5.05. The summed E-state index contributed by atoms with van der Waals surface area (Å²) in [5.74, 6) is -0.609. The summed E-state index contributed by atoms with van der Waals surface area (Å²) < 4.78 is 0. The second-order valence-corrected chi connectivity index (χ2v) is 3.41. The van der Waals surface area contributed by atoms with Crippen LogP contribution in [0.2, 0.25) is 0 Å². The molecule has 0 fully saturated rings. The Labute approximate surface area is 103 Å². The molecule has 18 heavy (non-hydrogen) atoms. The topological polar surface area (TPSA) is 89.2 Å². The van der Waals surface area contributed by atoms with Gasteiger partial charge in [0.2, 0.25) is 0 Å². The van der Waals surface area contributed by atoms with Crippen molar-refractivity contribution in [3.8, 4) is 0 Å². The van der Waals surface area contributed by atoms with Gasteiger partial charge in [-0.1, -0.05) is 18.2 Å². The number of amides is 3. The minimum atomic E-state index is -0.864. The highest BCUT2D eigenvalue weighted by molar-refractivity contribution is 6.19. The maximum Gasteiger partial charge on any atom is 0.326 e. The van der Waals surface area contributed by atoms with Crippen LogP contribution in [0.25, 0.3) is 0 Å². The van der Waals surface area contributed by atoms with Gasteiger partial charge in [0.15, 0.2) is 0 Å². The highest BCUT2D eigenvalue weighted by Gasteiger charge is 2.23. The molecule has 0 aliphatic carbocycles. The van der Waals surface area contributed by atoms with Gasteiger partial charge in [0.05, 0.1) is 11.9 Å². The molecule has 0 radical (unpaired) electrons. The molecule has 0 bridgehead atoms. The lowest BCUT2D eigenvalue weighted by Crippen LogP contribution is -2.41. The summed E-state index contributed by atoms with van der Waals surface area (Å²) in [6, 6.07) is 7.54. The molecule has 1 heterocycles. The van der Waals surface area contributed by atoms with E-state index in [-0.39, 0.29) is 5.69 Å². The van der Waals surface area contributed by atoms with Crippen LogP contribution in [0.3, 0.4) is 0 Å². The molecule has 3 amide bonds. The molecule has 0 atom stereocenters. The van der Waals surface area contributed by atoms with E-state index in [4.69, 9.17) is 5.73 Å². The summed E-state index contributed by atoms with van der Waals surface area (Å²) in [4.78, 5) is 32.0. The molecule has 6 nitrogen and oxygen atoms in total. The predicted octanol–water partition coefficient (Wildman–Crippen LogP) is 1.20. The quantitative estimate of drug-likeness (QED) is 0.856. The number of aromatic nitrogens is 2. The first-order valence-corrected chi connectivity index (χ1v) is 5.15. The molecule has 90 valence electrons. The largest absolute Gasteiger partial charge is 0.351 e. The van der Waals surface area contributed by atoms with E-state index in [2.05, 4.69) is 9.97 Å². The molecule has 2 rings (SSSR count). The molecule has 1 aromatic carbocycles. The van der Waals surface area contributed by atoms with Crippen molar-refractivity contribution in [3.63, 3.8) is 0 Å². The van der Waals surface area contributed by atoms with Gasteiger partial charge >= 0.3 is 6.03 Å². The lowest BCUT2D eigenvalue weighted by atomic mass is 10.2. The highest BCUT2D eigenvalue weighted by Crippen LogP contribution is 2.15. The first-order valence-electron chi connectivity index (χ1n) is 5.15. The van der Waals surface area contributed by atoms with Crippen molar-refractivity contribution < 1.29 is 9.59 Å². The Balaban J connectivity index is 2.39. The zero-order valence-corrected chi connectivity index (χ0v) is 9.35. The molecule has 0 unspecified atom stereocenters. The van der Waals surface area contributed by atoms with E-state index in [0.29, 0.717) is 5.69 Å². The van der Waals surface area contributed by atoms with Gasteiger partial charge in [0, 0.05) is 12.4 Å². The number of carbonyl (C=O) groups excluding carboxylic acids is 2. The smallest absolute Gasteiger partial charge is 0.326 e. The highest BCUT2D eigenvalue weighted by atomic mass is 16.2. The molecule has 2 N–H and O–H groups in total. The van der Waals surface area contributed by atoms with Crippen LogP contribution in [0.4, 0.5) is 10.5 Å². The zero-order valence-electron chi connectivity index (χ0n) is 9.35. The molecule has 2 aromatic rings. The van der Waals surface area contributed by atoms with Crippen molar-refractivity contribution in [2.24, 2.45) is 5.73 Å². The summed E-state index contributed by atoms with van der Waals surface area (Å²) in [5, 5.41) is 0. The van der Waals surface area contributed by atoms with Crippen LogP contribution in [-0.4, -0.2) is 21.9 Å². The number of nitrogens with two attached hydrogens (primary N) is 1. The number of primary amides is 1. The maximum absolute atomic E-state index is 12.1. The molecule has 1 aromatic heterocycles. The fourth-order valence-corrected chi connectivity index (χ4v) is 1.45. The Morgan fingerprint density at radius 1 is 1.11 bits per heavy atom. The summed E-state index contributed by atoms with van der Waals surface area (Å²) >= 11 is 0. The minimum absolute atomic E-state index is 0.0557. The number of carbonyl (C=O) groups is 2. The van der Waals surface area contributed by atoms with Crippen molar-refractivity contribution in [2.45, 2.75) is 0 Å². The van der Waals surface area contributed by atoms with Crippen LogP contribution in [0.1, 0.15) is 10.5 Å². The van der Waals surface area contributed by atoms with Crippen molar-refractivity contribution in [2.75, 3.05) is 4.90 Å². The van der Waals surface area contributed by atoms with Crippen LogP contribution in [0.5, 0.6) is 0 Å². The van der Waals surface area contributed by atoms with Gasteiger partial charge in [0.1, 0.15) is 5.69 Å². The van der Waals surface area contributed by atoms with E-state index in [1.54, 1.807) is 30.3 Å². The van der Waals surface area contributed by atoms with E-state index in [0.717, 1.165) is 4.90 Å². The van der Waals surface area contributed by atoms with Crippen molar-refractivity contribution in [3.05, 3.63) is 54.6 Å². The number of hydrogen-bond donors (Lipinski definition) is 1. The Kier molecular flexibility index (Phi) is 3.29.